The van der Waals surface area contributed by atoms with Crippen LogP contribution in [0.1, 0.15) is 66.4 Å². The number of carbonyl (C=O) groups is 1. The molecule has 1 aromatic carbocycles. The van der Waals surface area contributed by atoms with Gasteiger partial charge in [0.05, 0.1) is 6.61 Å². The Labute approximate surface area is 168 Å². The van der Waals surface area contributed by atoms with Gasteiger partial charge in [0.15, 0.2) is 0 Å². The van der Waals surface area contributed by atoms with Crippen LogP contribution in [0.2, 0.25) is 0 Å². The normalized spacial score (nSPS) is 23.2. The van der Waals surface area contributed by atoms with Gasteiger partial charge in [0.25, 0.3) is 0 Å². The molecule has 1 fully saturated rings. The molecule has 0 aliphatic carbocycles. The lowest BCUT2D eigenvalue weighted by atomic mass is 9.82. The van der Waals surface area contributed by atoms with Gasteiger partial charge in [-0.15, -0.1) is 0 Å². The summed E-state index contributed by atoms with van der Waals surface area (Å²) in [6, 6.07) is 7.36. The number of hydroxylamine groups is 2. The standard InChI is InChI=1S/C22H35NO5/c1-7-22(12-16(2)3)13-19(15-24)28-23(22)14-17-8-10-18(11-9-17)26-20(25)27-21(4,5)6/h8-11,16,19,24H,7,12-15H2,1-6H3/t19?,22-/m1/s1. The van der Waals surface area contributed by atoms with E-state index in [1.807, 2.05) is 17.2 Å². The van der Waals surface area contributed by atoms with Gasteiger partial charge in [0, 0.05) is 12.1 Å². The zero-order chi connectivity index (χ0) is 20.9. The van der Waals surface area contributed by atoms with E-state index >= 15 is 0 Å². The summed E-state index contributed by atoms with van der Waals surface area (Å²) >= 11 is 0. The minimum absolute atomic E-state index is 0.0268. The van der Waals surface area contributed by atoms with Gasteiger partial charge in [0.1, 0.15) is 17.5 Å². The number of ether oxygens (including phenoxy) is 2. The molecule has 0 bridgehead atoms. The van der Waals surface area contributed by atoms with Gasteiger partial charge >= 0.3 is 6.16 Å². The molecule has 0 saturated carbocycles. The lowest BCUT2D eigenvalue weighted by Crippen LogP contribution is -2.43. The quantitative estimate of drug-likeness (QED) is 0.535. The molecule has 0 aromatic heterocycles. The van der Waals surface area contributed by atoms with Crippen molar-refractivity contribution in [3.8, 4) is 5.75 Å². The van der Waals surface area contributed by atoms with Crippen molar-refractivity contribution in [3.05, 3.63) is 29.8 Å². The van der Waals surface area contributed by atoms with Crippen LogP contribution in [0.5, 0.6) is 5.75 Å². The third kappa shape index (κ3) is 6.19. The summed E-state index contributed by atoms with van der Waals surface area (Å²) < 4.78 is 10.4. The van der Waals surface area contributed by atoms with Crippen LogP contribution in [0.4, 0.5) is 4.79 Å². The summed E-state index contributed by atoms with van der Waals surface area (Å²) in [5, 5.41) is 11.6. The zero-order valence-corrected chi connectivity index (χ0v) is 18.0. The topological polar surface area (TPSA) is 68.2 Å². The summed E-state index contributed by atoms with van der Waals surface area (Å²) in [5.74, 6) is 0.977. The molecule has 1 saturated heterocycles. The van der Waals surface area contributed by atoms with E-state index in [2.05, 4.69) is 20.8 Å². The van der Waals surface area contributed by atoms with Crippen molar-refractivity contribution in [1.29, 1.82) is 0 Å². The Morgan fingerprint density at radius 2 is 1.96 bits per heavy atom. The van der Waals surface area contributed by atoms with Crippen LogP contribution in [0.3, 0.4) is 0 Å². The first kappa shape index (κ1) is 22.7. The van der Waals surface area contributed by atoms with Crippen LogP contribution in [0.15, 0.2) is 24.3 Å². The van der Waals surface area contributed by atoms with E-state index < -0.39 is 11.8 Å². The van der Waals surface area contributed by atoms with E-state index in [0.717, 1.165) is 24.8 Å². The fourth-order valence-electron chi connectivity index (χ4n) is 3.76. The highest BCUT2D eigenvalue weighted by Crippen LogP contribution is 2.40. The highest BCUT2D eigenvalue weighted by atomic mass is 16.7. The summed E-state index contributed by atoms with van der Waals surface area (Å²) in [5.41, 5.74) is 0.386. The minimum atomic E-state index is -0.712. The van der Waals surface area contributed by atoms with Gasteiger partial charge in [-0.2, -0.15) is 5.06 Å². The van der Waals surface area contributed by atoms with E-state index in [0.29, 0.717) is 18.2 Å². The zero-order valence-electron chi connectivity index (χ0n) is 18.0. The van der Waals surface area contributed by atoms with E-state index in [9.17, 15) is 9.90 Å². The van der Waals surface area contributed by atoms with Crippen molar-refractivity contribution in [2.45, 2.75) is 84.6 Å². The maximum Gasteiger partial charge on any atom is 0.514 e. The van der Waals surface area contributed by atoms with Crippen molar-refractivity contribution in [2.75, 3.05) is 6.61 Å². The molecule has 6 heteroatoms. The first-order chi connectivity index (χ1) is 13.1. The molecule has 2 rings (SSSR count). The molecule has 2 atom stereocenters. The summed E-state index contributed by atoms with van der Waals surface area (Å²) in [6.07, 6.45) is 1.93. The molecule has 6 nitrogen and oxygen atoms in total. The predicted octanol–water partition coefficient (Wildman–Crippen LogP) is 4.69. The second-order valence-corrected chi connectivity index (χ2v) is 9.04. The second kappa shape index (κ2) is 9.25. The predicted molar refractivity (Wildman–Crippen MR) is 108 cm³/mol. The van der Waals surface area contributed by atoms with Gasteiger partial charge in [-0.3, -0.25) is 4.84 Å². The fourth-order valence-corrected chi connectivity index (χ4v) is 3.76. The van der Waals surface area contributed by atoms with Crippen molar-refractivity contribution in [3.63, 3.8) is 0 Å². The molecule has 1 aliphatic heterocycles. The van der Waals surface area contributed by atoms with Crippen LogP contribution in [0.25, 0.3) is 0 Å². The fraction of sp³-hybridized carbons (Fsp3) is 0.682. The smallest absolute Gasteiger partial charge is 0.428 e. The lowest BCUT2D eigenvalue weighted by molar-refractivity contribution is -0.204. The molecular formula is C22H35NO5. The highest BCUT2D eigenvalue weighted by Gasteiger charge is 2.45. The third-order valence-corrected chi connectivity index (χ3v) is 4.90. The SMILES string of the molecule is CC[C@@]1(CC(C)C)CC(CO)ON1Cc1ccc(OC(=O)OC(C)(C)C)cc1. The van der Waals surface area contributed by atoms with Crippen molar-refractivity contribution < 1.29 is 24.2 Å². The summed E-state index contributed by atoms with van der Waals surface area (Å²) in [7, 11) is 0. The van der Waals surface area contributed by atoms with Gasteiger partial charge in [0.2, 0.25) is 0 Å². The first-order valence-corrected chi connectivity index (χ1v) is 10.1. The van der Waals surface area contributed by atoms with E-state index in [1.165, 1.54) is 0 Å². The number of nitrogens with zero attached hydrogens (tertiary/aromatic N) is 1. The van der Waals surface area contributed by atoms with Crippen LogP contribution in [0, 0.1) is 5.92 Å². The number of hydrogen-bond acceptors (Lipinski definition) is 6. The Balaban J connectivity index is 2.06. The Bertz CT molecular complexity index is 637. The average Bonchev–Trinajstić information content (AvgIpc) is 2.92. The summed E-state index contributed by atoms with van der Waals surface area (Å²) in [6.45, 7) is 12.6. The summed E-state index contributed by atoms with van der Waals surface area (Å²) in [4.78, 5) is 17.8. The Morgan fingerprint density at radius 1 is 1.32 bits per heavy atom. The van der Waals surface area contributed by atoms with Crippen molar-refractivity contribution in [2.24, 2.45) is 5.92 Å². The van der Waals surface area contributed by atoms with Gasteiger partial charge in [-0.1, -0.05) is 32.9 Å². The number of rotatable bonds is 7. The molecule has 1 unspecified atom stereocenters. The van der Waals surface area contributed by atoms with Gasteiger partial charge < -0.3 is 14.6 Å². The average molecular weight is 394 g/mol. The van der Waals surface area contributed by atoms with Crippen molar-refractivity contribution >= 4 is 6.16 Å². The maximum atomic E-state index is 11.8. The molecule has 1 N–H and O–H groups in total. The van der Waals surface area contributed by atoms with E-state index in [-0.39, 0.29) is 18.2 Å². The van der Waals surface area contributed by atoms with E-state index in [4.69, 9.17) is 14.3 Å². The minimum Gasteiger partial charge on any atom is -0.428 e. The molecule has 0 spiro atoms. The van der Waals surface area contributed by atoms with Gasteiger partial charge in [-0.05, 0) is 63.6 Å². The first-order valence-electron chi connectivity index (χ1n) is 10.1. The van der Waals surface area contributed by atoms with Crippen LogP contribution >= 0.6 is 0 Å². The molecule has 0 amide bonds. The Morgan fingerprint density at radius 3 is 2.46 bits per heavy atom. The maximum absolute atomic E-state index is 11.8. The lowest BCUT2D eigenvalue weighted by Gasteiger charge is -2.37. The molecule has 1 heterocycles. The number of benzene rings is 1. The molecule has 158 valence electrons. The highest BCUT2D eigenvalue weighted by molar-refractivity contribution is 5.64. The van der Waals surface area contributed by atoms with Crippen LogP contribution in [-0.2, 0) is 16.1 Å². The molecule has 1 aromatic rings. The molecule has 28 heavy (non-hydrogen) atoms. The molecular weight excluding hydrogens is 358 g/mol. The van der Waals surface area contributed by atoms with Crippen LogP contribution in [-0.4, -0.2) is 40.2 Å². The molecule has 1 aliphatic rings. The van der Waals surface area contributed by atoms with Gasteiger partial charge in [-0.25, -0.2) is 4.79 Å². The molecule has 0 radical (unpaired) electrons. The monoisotopic (exact) mass is 393 g/mol. The number of aliphatic hydroxyl groups is 1. The van der Waals surface area contributed by atoms with Crippen LogP contribution < -0.4 is 4.74 Å². The van der Waals surface area contributed by atoms with Crippen molar-refractivity contribution in [1.82, 2.24) is 5.06 Å². The Kier molecular flexibility index (Phi) is 7.48. The number of hydrogen-bond donors (Lipinski definition) is 1. The van der Waals surface area contributed by atoms with E-state index in [1.54, 1.807) is 32.9 Å². The number of carbonyl (C=O) groups excluding carboxylic acids is 1. The number of aliphatic hydroxyl groups excluding tert-OH is 1. The largest absolute Gasteiger partial charge is 0.514 e. The Hall–Kier alpha value is -1.63. The third-order valence-electron chi connectivity index (χ3n) is 4.90. The second-order valence-electron chi connectivity index (χ2n) is 9.04.